The zero-order chi connectivity index (χ0) is 18.1. The number of fused-ring (bicyclic) bond motifs is 1. The van der Waals surface area contributed by atoms with Gasteiger partial charge in [-0.2, -0.15) is 0 Å². The Morgan fingerprint density at radius 3 is 2.36 bits per heavy atom. The standard InChI is InChI=1S/C20H20N2O2S/c1-12-8-7-9-13(2)18(12)22-19(24)16-10-5-6-11-17(16)21-20(22)25-15(4)14(3)23/h5-11,15H,1-4H3. The molecule has 1 aromatic heterocycles. The minimum atomic E-state index is -0.274. The minimum absolute atomic E-state index is 0.0560. The van der Waals surface area contributed by atoms with Gasteiger partial charge in [-0.25, -0.2) is 4.98 Å². The average Bonchev–Trinajstić information content (AvgIpc) is 2.57. The van der Waals surface area contributed by atoms with Gasteiger partial charge >= 0.3 is 0 Å². The van der Waals surface area contributed by atoms with Crippen LogP contribution in [0.3, 0.4) is 0 Å². The number of ketones is 1. The van der Waals surface area contributed by atoms with Crippen LogP contribution in [0.1, 0.15) is 25.0 Å². The van der Waals surface area contributed by atoms with Gasteiger partial charge in [0.2, 0.25) is 0 Å². The SMILES string of the molecule is CC(=O)C(C)Sc1nc2ccccc2c(=O)n1-c1c(C)cccc1C. The largest absolute Gasteiger partial charge is 0.299 e. The van der Waals surface area contributed by atoms with E-state index in [1.165, 1.54) is 11.8 Å². The number of para-hydroxylation sites is 2. The lowest BCUT2D eigenvalue weighted by molar-refractivity contribution is -0.116. The third-order valence-electron chi connectivity index (χ3n) is 4.26. The average molecular weight is 352 g/mol. The molecule has 1 unspecified atom stereocenters. The van der Waals surface area contributed by atoms with Crippen LogP contribution < -0.4 is 5.56 Å². The van der Waals surface area contributed by atoms with Gasteiger partial charge in [-0.3, -0.25) is 14.2 Å². The van der Waals surface area contributed by atoms with Gasteiger partial charge in [0.15, 0.2) is 5.16 Å². The highest BCUT2D eigenvalue weighted by Crippen LogP contribution is 2.28. The highest BCUT2D eigenvalue weighted by molar-refractivity contribution is 8.00. The molecule has 0 fully saturated rings. The molecule has 1 atom stereocenters. The summed E-state index contributed by atoms with van der Waals surface area (Å²) in [7, 11) is 0. The highest BCUT2D eigenvalue weighted by Gasteiger charge is 2.19. The van der Waals surface area contributed by atoms with E-state index in [0.717, 1.165) is 16.8 Å². The fraction of sp³-hybridized carbons (Fsp3) is 0.250. The molecule has 4 nitrogen and oxygen atoms in total. The van der Waals surface area contributed by atoms with E-state index in [-0.39, 0.29) is 16.6 Å². The van der Waals surface area contributed by atoms with Crippen molar-refractivity contribution in [2.75, 3.05) is 0 Å². The molecule has 25 heavy (non-hydrogen) atoms. The van der Waals surface area contributed by atoms with Gasteiger partial charge in [0.05, 0.1) is 21.8 Å². The van der Waals surface area contributed by atoms with E-state index in [0.29, 0.717) is 16.1 Å². The van der Waals surface area contributed by atoms with Crippen LogP contribution in [0.2, 0.25) is 0 Å². The van der Waals surface area contributed by atoms with Crippen molar-refractivity contribution in [3.63, 3.8) is 0 Å². The van der Waals surface area contributed by atoms with E-state index < -0.39 is 0 Å². The number of nitrogens with zero attached hydrogens (tertiary/aromatic N) is 2. The van der Waals surface area contributed by atoms with Gasteiger partial charge in [0, 0.05) is 0 Å². The second-order valence-corrected chi connectivity index (χ2v) is 7.47. The number of hydrogen-bond donors (Lipinski definition) is 0. The molecule has 0 aliphatic rings. The van der Waals surface area contributed by atoms with Gasteiger partial charge in [-0.15, -0.1) is 0 Å². The Morgan fingerprint density at radius 2 is 1.72 bits per heavy atom. The summed E-state index contributed by atoms with van der Waals surface area (Å²) < 4.78 is 1.65. The topological polar surface area (TPSA) is 52.0 Å². The van der Waals surface area contributed by atoms with Crippen LogP contribution >= 0.6 is 11.8 Å². The molecule has 0 aliphatic heterocycles. The Labute approximate surface area is 150 Å². The first-order chi connectivity index (χ1) is 11.9. The molecular formula is C20H20N2O2S. The zero-order valence-corrected chi connectivity index (χ0v) is 15.6. The quantitative estimate of drug-likeness (QED) is 0.525. The number of carbonyl (C=O) groups excluding carboxylic acids is 1. The highest BCUT2D eigenvalue weighted by atomic mass is 32.2. The number of benzene rings is 2. The molecule has 3 rings (SSSR count). The number of hydrogen-bond acceptors (Lipinski definition) is 4. The van der Waals surface area contributed by atoms with Gasteiger partial charge in [-0.05, 0) is 51.0 Å². The summed E-state index contributed by atoms with van der Waals surface area (Å²) in [6, 6.07) is 13.2. The predicted molar refractivity (Wildman–Crippen MR) is 103 cm³/mol. The molecule has 2 aromatic carbocycles. The maximum absolute atomic E-state index is 13.2. The smallest absolute Gasteiger partial charge is 0.266 e. The summed E-state index contributed by atoms with van der Waals surface area (Å²) in [5.74, 6) is 0.0560. The van der Waals surface area contributed by atoms with Gasteiger partial charge in [0.1, 0.15) is 5.78 Å². The van der Waals surface area contributed by atoms with Crippen molar-refractivity contribution >= 4 is 28.4 Å². The van der Waals surface area contributed by atoms with Crippen LogP contribution in [-0.4, -0.2) is 20.6 Å². The zero-order valence-electron chi connectivity index (χ0n) is 14.7. The van der Waals surface area contributed by atoms with Crippen LogP contribution in [0.4, 0.5) is 0 Å². The summed E-state index contributed by atoms with van der Waals surface area (Å²) in [6.45, 7) is 7.35. The van der Waals surface area contributed by atoms with Crippen molar-refractivity contribution in [2.24, 2.45) is 0 Å². The van der Waals surface area contributed by atoms with E-state index in [2.05, 4.69) is 0 Å². The van der Waals surface area contributed by atoms with Crippen LogP contribution in [0.25, 0.3) is 16.6 Å². The second-order valence-electron chi connectivity index (χ2n) is 6.16. The first-order valence-electron chi connectivity index (χ1n) is 8.15. The van der Waals surface area contributed by atoms with Crippen molar-refractivity contribution < 1.29 is 4.79 Å². The minimum Gasteiger partial charge on any atom is -0.299 e. The molecule has 0 amide bonds. The predicted octanol–water partition coefficient (Wildman–Crippen LogP) is 4.07. The summed E-state index contributed by atoms with van der Waals surface area (Å²) in [5.41, 5.74) is 3.37. The van der Waals surface area contributed by atoms with E-state index >= 15 is 0 Å². The van der Waals surface area contributed by atoms with Crippen molar-refractivity contribution in [2.45, 2.75) is 38.1 Å². The number of rotatable bonds is 4. The molecule has 5 heteroatoms. The molecule has 128 valence electrons. The van der Waals surface area contributed by atoms with Crippen molar-refractivity contribution in [1.82, 2.24) is 9.55 Å². The third-order valence-corrected chi connectivity index (χ3v) is 5.43. The van der Waals surface area contributed by atoms with E-state index in [1.54, 1.807) is 17.6 Å². The lowest BCUT2D eigenvalue weighted by atomic mass is 10.1. The van der Waals surface area contributed by atoms with Crippen LogP contribution in [0.5, 0.6) is 0 Å². The number of carbonyl (C=O) groups is 1. The maximum atomic E-state index is 13.2. The molecule has 0 spiro atoms. The van der Waals surface area contributed by atoms with E-state index in [9.17, 15) is 9.59 Å². The summed E-state index contributed by atoms with van der Waals surface area (Å²) >= 11 is 1.32. The van der Waals surface area contributed by atoms with Gasteiger partial charge in [0.25, 0.3) is 5.56 Å². The molecule has 1 heterocycles. The molecule has 0 bridgehead atoms. The van der Waals surface area contributed by atoms with Crippen LogP contribution in [-0.2, 0) is 4.79 Å². The second kappa shape index (κ2) is 6.84. The first kappa shape index (κ1) is 17.4. The number of thioether (sulfide) groups is 1. The number of Topliss-reactive ketones (excluding diaryl/α,β-unsaturated/α-hetero) is 1. The molecule has 0 aliphatic carbocycles. The van der Waals surface area contributed by atoms with E-state index in [1.807, 2.05) is 57.2 Å². The molecule has 0 saturated heterocycles. The summed E-state index contributed by atoms with van der Waals surface area (Å²) in [6.07, 6.45) is 0. The van der Waals surface area contributed by atoms with Crippen molar-refractivity contribution in [3.8, 4) is 5.69 Å². The fourth-order valence-electron chi connectivity index (χ4n) is 2.79. The van der Waals surface area contributed by atoms with Gasteiger partial charge < -0.3 is 0 Å². The van der Waals surface area contributed by atoms with Crippen molar-refractivity contribution in [1.29, 1.82) is 0 Å². The first-order valence-corrected chi connectivity index (χ1v) is 9.03. The fourth-order valence-corrected chi connectivity index (χ4v) is 3.70. The van der Waals surface area contributed by atoms with E-state index in [4.69, 9.17) is 4.98 Å². The third kappa shape index (κ3) is 3.24. The van der Waals surface area contributed by atoms with Crippen LogP contribution in [0, 0.1) is 13.8 Å². The lowest BCUT2D eigenvalue weighted by Gasteiger charge is -2.18. The number of aromatic nitrogens is 2. The van der Waals surface area contributed by atoms with Gasteiger partial charge in [-0.1, -0.05) is 42.1 Å². The molecule has 0 radical (unpaired) electrons. The summed E-state index contributed by atoms with van der Waals surface area (Å²) in [4.78, 5) is 29.7. The Hall–Kier alpha value is -2.40. The summed E-state index contributed by atoms with van der Waals surface area (Å²) in [5, 5.41) is 0.845. The van der Waals surface area contributed by atoms with Crippen molar-refractivity contribution in [3.05, 3.63) is 63.9 Å². The molecular weight excluding hydrogens is 332 g/mol. The monoisotopic (exact) mass is 352 g/mol. The molecule has 0 N–H and O–H groups in total. The number of aryl methyl sites for hydroxylation is 2. The van der Waals surface area contributed by atoms with Crippen LogP contribution in [0.15, 0.2) is 52.4 Å². The molecule has 3 aromatic rings. The Kier molecular flexibility index (Phi) is 4.77. The Bertz CT molecular complexity index is 1000. The normalized spacial score (nSPS) is 12.3. The molecule has 0 saturated carbocycles. The maximum Gasteiger partial charge on any atom is 0.266 e. The Balaban J connectivity index is 2.37. The Morgan fingerprint density at radius 1 is 1.08 bits per heavy atom. The lowest BCUT2D eigenvalue weighted by Crippen LogP contribution is -2.24.